The van der Waals surface area contributed by atoms with Crippen LogP contribution in [0.4, 0.5) is 0 Å². The first-order valence-corrected chi connectivity index (χ1v) is 6.63. The normalized spacial score (nSPS) is 24.7. The van der Waals surface area contributed by atoms with Crippen molar-refractivity contribution >= 4 is 21.6 Å². The van der Waals surface area contributed by atoms with Gasteiger partial charge in [0.25, 0.3) is 0 Å². The van der Waals surface area contributed by atoms with Crippen molar-refractivity contribution in [2.24, 2.45) is 5.92 Å². The molecule has 2 atom stereocenters. The lowest BCUT2D eigenvalue weighted by atomic mass is 9.82. The maximum atomic E-state index is 4.80. The Bertz CT molecular complexity index is 544. The van der Waals surface area contributed by atoms with Gasteiger partial charge in [0.2, 0.25) is 0 Å². The van der Waals surface area contributed by atoms with Crippen molar-refractivity contribution in [3.63, 3.8) is 0 Å². The number of aromatic nitrogens is 2. The monoisotopic (exact) mass is 278 g/mol. The summed E-state index contributed by atoms with van der Waals surface area (Å²) in [6, 6.07) is 4.13. The van der Waals surface area contributed by atoms with Crippen molar-refractivity contribution in [1.82, 2.24) is 9.38 Å². The van der Waals surface area contributed by atoms with Crippen LogP contribution in [0.15, 0.2) is 22.8 Å². The fraction of sp³-hybridized carbons (Fsp3) is 0.462. The van der Waals surface area contributed by atoms with E-state index < -0.39 is 0 Å². The highest BCUT2D eigenvalue weighted by Crippen LogP contribution is 2.36. The van der Waals surface area contributed by atoms with Gasteiger partial charge < -0.3 is 4.40 Å². The summed E-state index contributed by atoms with van der Waals surface area (Å²) in [4.78, 5) is 4.80. The second kappa shape index (κ2) is 3.59. The van der Waals surface area contributed by atoms with Crippen LogP contribution in [-0.4, -0.2) is 9.38 Å². The lowest BCUT2D eigenvalue weighted by Crippen LogP contribution is -2.16. The van der Waals surface area contributed by atoms with Crippen molar-refractivity contribution in [3.05, 3.63) is 34.2 Å². The van der Waals surface area contributed by atoms with E-state index in [1.807, 2.05) is 0 Å². The summed E-state index contributed by atoms with van der Waals surface area (Å²) in [6.45, 7) is 4.62. The lowest BCUT2D eigenvalue weighted by Gasteiger charge is -2.24. The molecular weight excluding hydrogens is 264 g/mol. The predicted octanol–water partition coefficient (Wildman–Crippen LogP) is 3.78. The SMILES string of the molecule is CC1CCc2c(nc3c(Br)cccn23)C1C. The molecule has 0 saturated carbocycles. The number of hydrogen-bond acceptors (Lipinski definition) is 1. The molecule has 2 nitrogen and oxygen atoms in total. The zero-order valence-electron chi connectivity index (χ0n) is 9.57. The van der Waals surface area contributed by atoms with Gasteiger partial charge in [-0.1, -0.05) is 13.8 Å². The number of aryl methyl sites for hydroxylation is 1. The summed E-state index contributed by atoms with van der Waals surface area (Å²) < 4.78 is 3.33. The third-order valence-corrected chi connectivity index (χ3v) is 4.47. The summed E-state index contributed by atoms with van der Waals surface area (Å²) in [5.41, 5.74) is 3.76. The minimum Gasteiger partial charge on any atom is -0.303 e. The molecule has 0 saturated heterocycles. The average Bonchev–Trinajstić information content (AvgIpc) is 2.65. The van der Waals surface area contributed by atoms with Crippen LogP contribution in [0, 0.1) is 5.92 Å². The van der Waals surface area contributed by atoms with Crippen molar-refractivity contribution in [2.45, 2.75) is 32.6 Å². The summed E-state index contributed by atoms with van der Waals surface area (Å²) in [5.74, 6) is 1.33. The van der Waals surface area contributed by atoms with Gasteiger partial charge in [0, 0.05) is 17.8 Å². The van der Waals surface area contributed by atoms with E-state index in [1.165, 1.54) is 17.8 Å². The molecular formula is C13H15BrN2. The van der Waals surface area contributed by atoms with Gasteiger partial charge in [-0.3, -0.25) is 0 Å². The molecule has 0 spiro atoms. The molecule has 3 heteroatoms. The topological polar surface area (TPSA) is 17.3 Å². The van der Waals surface area contributed by atoms with E-state index in [2.05, 4.69) is 52.5 Å². The van der Waals surface area contributed by atoms with E-state index >= 15 is 0 Å². The maximum Gasteiger partial charge on any atom is 0.151 e. The fourth-order valence-corrected chi connectivity index (χ4v) is 3.03. The second-order valence-electron chi connectivity index (χ2n) is 4.80. The molecule has 0 radical (unpaired) electrons. The first-order chi connectivity index (χ1) is 7.68. The van der Waals surface area contributed by atoms with Gasteiger partial charge in [0.05, 0.1) is 10.2 Å². The maximum absolute atomic E-state index is 4.80. The Labute approximate surface area is 104 Å². The number of nitrogens with zero attached hydrogens (tertiary/aromatic N) is 2. The van der Waals surface area contributed by atoms with Crippen LogP contribution in [0.1, 0.15) is 37.6 Å². The van der Waals surface area contributed by atoms with Gasteiger partial charge in [-0.15, -0.1) is 0 Å². The number of halogens is 1. The second-order valence-corrected chi connectivity index (χ2v) is 5.65. The molecule has 0 bridgehead atoms. The van der Waals surface area contributed by atoms with Crippen LogP contribution in [0.2, 0.25) is 0 Å². The first-order valence-electron chi connectivity index (χ1n) is 5.84. The van der Waals surface area contributed by atoms with Gasteiger partial charge in [-0.2, -0.15) is 0 Å². The van der Waals surface area contributed by atoms with Crippen LogP contribution < -0.4 is 0 Å². The number of fused-ring (bicyclic) bond motifs is 3. The Balaban J connectivity index is 2.30. The third kappa shape index (κ3) is 1.34. The Morgan fingerprint density at radius 2 is 2.25 bits per heavy atom. The summed E-state index contributed by atoms with van der Waals surface area (Å²) >= 11 is 3.57. The molecule has 0 aromatic carbocycles. The van der Waals surface area contributed by atoms with Gasteiger partial charge in [-0.05, 0) is 46.8 Å². The van der Waals surface area contributed by atoms with Crippen molar-refractivity contribution in [3.8, 4) is 0 Å². The molecule has 2 unspecified atom stereocenters. The van der Waals surface area contributed by atoms with Gasteiger partial charge in [0.1, 0.15) is 0 Å². The summed E-state index contributed by atoms with van der Waals surface area (Å²) in [7, 11) is 0. The Kier molecular flexibility index (Phi) is 2.32. The van der Waals surface area contributed by atoms with E-state index in [9.17, 15) is 0 Å². The zero-order chi connectivity index (χ0) is 11.3. The predicted molar refractivity (Wildman–Crippen MR) is 68.8 cm³/mol. The largest absolute Gasteiger partial charge is 0.303 e. The van der Waals surface area contributed by atoms with Crippen LogP contribution >= 0.6 is 15.9 Å². The minimum atomic E-state index is 0.579. The van der Waals surface area contributed by atoms with Gasteiger partial charge >= 0.3 is 0 Å². The third-order valence-electron chi connectivity index (χ3n) is 3.85. The fourth-order valence-electron chi connectivity index (χ4n) is 2.60. The summed E-state index contributed by atoms with van der Waals surface area (Å²) in [5, 5.41) is 0. The Hall–Kier alpha value is -0.830. The van der Waals surface area contributed by atoms with E-state index in [4.69, 9.17) is 4.98 Å². The summed E-state index contributed by atoms with van der Waals surface area (Å²) in [6.07, 6.45) is 4.54. The smallest absolute Gasteiger partial charge is 0.151 e. The number of imidazole rings is 1. The number of rotatable bonds is 0. The molecule has 2 aromatic heterocycles. The number of hydrogen-bond donors (Lipinski definition) is 0. The number of pyridine rings is 1. The van der Waals surface area contributed by atoms with Crippen molar-refractivity contribution < 1.29 is 0 Å². The Morgan fingerprint density at radius 1 is 1.44 bits per heavy atom. The van der Waals surface area contributed by atoms with Gasteiger partial charge in [-0.25, -0.2) is 4.98 Å². The highest BCUT2D eigenvalue weighted by Gasteiger charge is 2.27. The molecule has 0 amide bonds. The zero-order valence-corrected chi connectivity index (χ0v) is 11.2. The van der Waals surface area contributed by atoms with Gasteiger partial charge in [0.15, 0.2) is 5.65 Å². The Morgan fingerprint density at radius 3 is 3.06 bits per heavy atom. The first kappa shape index (κ1) is 10.3. The van der Waals surface area contributed by atoms with Crippen molar-refractivity contribution in [2.75, 3.05) is 0 Å². The quantitative estimate of drug-likeness (QED) is 0.717. The van der Waals surface area contributed by atoms with Crippen LogP contribution in [0.5, 0.6) is 0 Å². The van der Waals surface area contributed by atoms with Crippen LogP contribution in [0.3, 0.4) is 0 Å². The molecule has 3 rings (SSSR count). The lowest BCUT2D eigenvalue weighted by molar-refractivity contribution is 0.415. The highest BCUT2D eigenvalue weighted by molar-refractivity contribution is 9.10. The van der Waals surface area contributed by atoms with Crippen molar-refractivity contribution in [1.29, 1.82) is 0 Å². The molecule has 0 N–H and O–H groups in total. The van der Waals surface area contributed by atoms with E-state index in [0.29, 0.717) is 5.92 Å². The molecule has 16 heavy (non-hydrogen) atoms. The van der Waals surface area contributed by atoms with E-state index in [-0.39, 0.29) is 0 Å². The molecule has 1 aliphatic carbocycles. The van der Waals surface area contributed by atoms with E-state index in [0.717, 1.165) is 22.5 Å². The molecule has 2 aromatic rings. The molecule has 2 heterocycles. The molecule has 84 valence electrons. The van der Waals surface area contributed by atoms with E-state index in [1.54, 1.807) is 0 Å². The minimum absolute atomic E-state index is 0.579. The average molecular weight is 279 g/mol. The molecule has 0 aliphatic heterocycles. The molecule has 0 fully saturated rings. The highest BCUT2D eigenvalue weighted by atomic mass is 79.9. The van der Waals surface area contributed by atoms with Crippen LogP contribution in [-0.2, 0) is 6.42 Å². The van der Waals surface area contributed by atoms with Crippen LogP contribution in [0.25, 0.3) is 5.65 Å². The molecule has 1 aliphatic rings. The standard InChI is InChI=1S/C13H15BrN2/c1-8-5-6-11-12(9(8)2)15-13-10(14)4-3-7-16(11)13/h3-4,7-9H,5-6H2,1-2H3.